The first kappa shape index (κ1) is 13.0. The van der Waals surface area contributed by atoms with Crippen molar-refractivity contribution in [2.45, 2.75) is 18.6 Å². The van der Waals surface area contributed by atoms with Gasteiger partial charge in [0.15, 0.2) is 0 Å². The van der Waals surface area contributed by atoms with Gasteiger partial charge in [0, 0.05) is 6.54 Å². The molecule has 2 unspecified atom stereocenters. The summed E-state index contributed by atoms with van der Waals surface area (Å²) in [6, 6.07) is 25.2. The van der Waals surface area contributed by atoms with Crippen LogP contribution in [0.2, 0.25) is 0 Å². The van der Waals surface area contributed by atoms with E-state index in [4.69, 9.17) is 0 Å². The molecule has 2 atom stereocenters. The summed E-state index contributed by atoms with van der Waals surface area (Å²) in [5.74, 6) is -0.173. The molecule has 0 N–H and O–H groups in total. The predicted octanol–water partition coefficient (Wildman–Crippen LogP) is 5.10. The molecule has 0 amide bonds. The Bertz CT molecular complexity index is 833. The molecule has 0 spiro atoms. The summed E-state index contributed by atoms with van der Waals surface area (Å²) in [5, 5.41) is 0. The van der Waals surface area contributed by atoms with Gasteiger partial charge in [-0.25, -0.2) is 4.39 Å². The fourth-order valence-electron chi connectivity index (χ4n) is 3.97. The zero-order valence-corrected chi connectivity index (χ0v) is 12.6. The van der Waals surface area contributed by atoms with Gasteiger partial charge >= 0.3 is 0 Å². The minimum absolute atomic E-state index is 0.173. The van der Waals surface area contributed by atoms with Crippen LogP contribution in [-0.4, -0.2) is 4.90 Å². The number of hydrogen-bond donors (Lipinski definition) is 0. The van der Waals surface area contributed by atoms with Gasteiger partial charge in [-0.3, -0.25) is 4.90 Å². The average molecular weight is 301 g/mol. The maximum atomic E-state index is 13.1. The molecule has 23 heavy (non-hydrogen) atoms. The van der Waals surface area contributed by atoms with Crippen LogP contribution in [0, 0.1) is 5.82 Å². The highest BCUT2D eigenvalue weighted by atomic mass is 19.1. The molecule has 0 saturated carbocycles. The average Bonchev–Trinajstić information content (AvgIpc) is 3.32. The minimum atomic E-state index is -0.173. The summed E-state index contributed by atoms with van der Waals surface area (Å²) < 4.78 is 13.1. The van der Waals surface area contributed by atoms with Crippen LogP contribution in [0.25, 0.3) is 11.1 Å². The Morgan fingerprint density at radius 2 is 1.22 bits per heavy atom. The monoisotopic (exact) mass is 301 g/mol. The maximum absolute atomic E-state index is 13.1. The van der Waals surface area contributed by atoms with Crippen molar-refractivity contribution in [2.75, 3.05) is 0 Å². The van der Waals surface area contributed by atoms with Gasteiger partial charge in [-0.1, -0.05) is 60.7 Å². The van der Waals surface area contributed by atoms with E-state index in [2.05, 4.69) is 53.4 Å². The maximum Gasteiger partial charge on any atom is 0.123 e. The van der Waals surface area contributed by atoms with Gasteiger partial charge in [0.05, 0.1) is 12.1 Å². The molecular weight excluding hydrogens is 285 g/mol. The van der Waals surface area contributed by atoms with Crippen LogP contribution >= 0.6 is 0 Å². The third kappa shape index (κ3) is 1.95. The van der Waals surface area contributed by atoms with E-state index in [0.29, 0.717) is 12.1 Å². The molecule has 1 aliphatic carbocycles. The van der Waals surface area contributed by atoms with Gasteiger partial charge in [0.2, 0.25) is 0 Å². The highest BCUT2D eigenvalue weighted by Crippen LogP contribution is 2.62. The first-order valence-electron chi connectivity index (χ1n) is 8.01. The molecule has 1 nitrogen and oxygen atoms in total. The summed E-state index contributed by atoms with van der Waals surface area (Å²) in [6.45, 7) is 0.859. The van der Waals surface area contributed by atoms with Crippen molar-refractivity contribution in [3.05, 3.63) is 95.3 Å². The van der Waals surface area contributed by atoms with E-state index >= 15 is 0 Å². The Balaban J connectivity index is 1.56. The van der Waals surface area contributed by atoms with E-state index in [9.17, 15) is 4.39 Å². The smallest absolute Gasteiger partial charge is 0.123 e. The van der Waals surface area contributed by atoms with Crippen LogP contribution < -0.4 is 0 Å². The molecule has 1 fully saturated rings. The summed E-state index contributed by atoms with van der Waals surface area (Å²) in [6.07, 6.45) is 0. The standard InChI is InChI=1S/C21H16FN/c22-15-11-9-14(10-12-15)13-23-20-18-7-3-1-5-16(18)17-6-2-4-8-19(17)21(20)23/h1-12,20-21H,13H2. The third-order valence-electron chi connectivity index (χ3n) is 5.05. The molecule has 0 radical (unpaired) electrons. The first-order valence-corrected chi connectivity index (χ1v) is 8.01. The number of benzene rings is 3. The summed E-state index contributed by atoms with van der Waals surface area (Å²) in [5.41, 5.74) is 6.70. The number of fused-ring (bicyclic) bond motifs is 6. The van der Waals surface area contributed by atoms with E-state index in [1.54, 1.807) is 12.1 Å². The van der Waals surface area contributed by atoms with Crippen LogP contribution in [-0.2, 0) is 6.54 Å². The van der Waals surface area contributed by atoms with Crippen molar-refractivity contribution in [2.24, 2.45) is 0 Å². The molecule has 5 rings (SSSR count). The molecule has 112 valence electrons. The number of nitrogens with zero attached hydrogens (tertiary/aromatic N) is 1. The normalized spacial score (nSPS) is 23.6. The van der Waals surface area contributed by atoms with Gasteiger partial charge in [-0.15, -0.1) is 0 Å². The van der Waals surface area contributed by atoms with E-state index < -0.39 is 0 Å². The van der Waals surface area contributed by atoms with Crippen molar-refractivity contribution in [3.63, 3.8) is 0 Å². The lowest BCUT2D eigenvalue weighted by atomic mass is 9.86. The molecule has 2 aliphatic rings. The van der Waals surface area contributed by atoms with Crippen molar-refractivity contribution in [1.82, 2.24) is 4.90 Å². The molecule has 2 heteroatoms. The lowest BCUT2D eigenvalue weighted by Crippen LogP contribution is -1.99. The van der Waals surface area contributed by atoms with E-state index in [1.807, 2.05) is 12.1 Å². The van der Waals surface area contributed by atoms with Crippen molar-refractivity contribution >= 4 is 0 Å². The molecule has 0 bridgehead atoms. The lowest BCUT2D eigenvalue weighted by Gasteiger charge is -2.16. The second kappa shape index (κ2) is 4.77. The van der Waals surface area contributed by atoms with Crippen LogP contribution in [0.3, 0.4) is 0 Å². The molecule has 1 heterocycles. The van der Waals surface area contributed by atoms with Crippen LogP contribution in [0.5, 0.6) is 0 Å². The fourth-order valence-corrected chi connectivity index (χ4v) is 3.97. The van der Waals surface area contributed by atoms with Crippen molar-refractivity contribution in [3.8, 4) is 11.1 Å². The summed E-state index contributed by atoms with van der Waals surface area (Å²) in [4.78, 5) is 2.50. The second-order valence-corrected chi connectivity index (χ2v) is 6.36. The zero-order chi connectivity index (χ0) is 15.4. The van der Waals surface area contributed by atoms with E-state index in [1.165, 1.54) is 22.3 Å². The van der Waals surface area contributed by atoms with Crippen LogP contribution in [0.15, 0.2) is 72.8 Å². The Morgan fingerprint density at radius 1 is 0.696 bits per heavy atom. The van der Waals surface area contributed by atoms with Gasteiger partial charge < -0.3 is 0 Å². The second-order valence-electron chi connectivity index (χ2n) is 6.36. The number of rotatable bonds is 2. The fraction of sp³-hybridized carbons (Fsp3) is 0.143. The van der Waals surface area contributed by atoms with Gasteiger partial charge in [-0.2, -0.15) is 0 Å². The van der Waals surface area contributed by atoms with E-state index in [-0.39, 0.29) is 5.82 Å². The third-order valence-corrected chi connectivity index (χ3v) is 5.05. The first-order chi connectivity index (χ1) is 11.3. The van der Waals surface area contributed by atoms with Gasteiger partial charge in [0.25, 0.3) is 0 Å². The Morgan fingerprint density at radius 3 is 1.78 bits per heavy atom. The summed E-state index contributed by atoms with van der Waals surface area (Å²) >= 11 is 0. The summed E-state index contributed by atoms with van der Waals surface area (Å²) in [7, 11) is 0. The predicted molar refractivity (Wildman–Crippen MR) is 89.3 cm³/mol. The van der Waals surface area contributed by atoms with Gasteiger partial charge in [-0.05, 0) is 39.9 Å². The lowest BCUT2D eigenvalue weighted by molar-refractivity contribution is 0.481. The topological polar surface area (TPSA) is 3.01 Å². The Labute approximate surface area is 135 Å². The van der Waals surface area contributed by atoms with Crippen LogP contribution in [0.4, 0.5) is 4.39 Å². The molecule has 0 aromatic heterocycles. The molecule has 1 aliphatic heterocycles. The zero-order valence-electron chi connectivity index (χ0n) is 12.6. The van der Waals surface area contributed by atoms with Crippen molar-refractivity contribution < 1.29 is 4.39 Å². The molecule has 1 saturated heterocycles. The Hall–Kier alpha value is -2.45. The SMILES string of the molecule is Fc1ccc(CN2C3c4ccccc4-c4ccccc4C32)cc1. The molecule has 3 aromatic carbocycles. The van der Waals surface area contributed by atoms with Crippen molar-refractivity contribution in [1.29, 1.82) is 0 Å². The Kier molecular flexibility index (Phi) is 2.70. The molecule has 3 aromatic rings. The highest BCUT2D eigenvalue weighted by molar-refractivity contribution is 5.76. The molecular formula is C21H16FN. The number of halogens is 1. The van der Waals surface area contributed by atoms with Crippen LogP contribution in [0.1, 0.15) is 28.8 Å². The van der Waals surface area contributed by atoms with Gasteiger partial charge in [0.1, 0.15) is 5.82 Å². The largest absolute Gasteiger partial charge is 0.281 e. The number of hydrogen-bond acceptors (Lipinski definition) is 1. The highest BCUT2D eigenvalue weighted by Gasteiger charge is 2.53. The quantitative estimate of drug-likeness (QED) is 0.595. The minimum Gasteiger partial charge on any atom is -0.281 e. The van der Waals surface area contributed by atoms with E-state index in [0.717, 1.165) is 12.1 Å².